The van der Waals surface area contributed by atoms with Crippen molar-refractivity contribution < 1.29 is 23.8 Å². The lowest BCUT2D eigenvalue weighted by Gasteiger charge is -2.18. The summed E-state index contributed by atoms with van der Waals surface area (Å²) in [6.07, 6.45) is 67.6. The first kappa shape index (κ1) is 59.3. The molecule has 0 amide bonds. The van der Waals surface area contributed by atoms with Gasteiger partial charge in [-0.1, -0.05) is 203 Å². The predicted molar refractivity (Wildman–Crippen MR) is 270 cm³/mol. The maximum atomic E-state index is 12.8. The number of esters is 2. The van der Waals surface area contributed by atoms with Gasteiger partial charge >= 0.3 is 11.9 Å². The molecule has 0 saturated heterocycles. The zero-order valence-electron chi connectivity index (χ0n) is 41.1. The summed E-state index contributed by atoms with van der Waals surface area (Å²) in [4.78, 5) is 25.4. The van der Waals surface area contributed by atoms with E-state index >= 15 is 0 Å². The maximum absolute atomic E-state index is 12.8. The number of carbonyl (C=O) groups is 2. The summed E-state index contributed by atoms with van der Waals surface area (Å²) < 4.78 is 17.4. The van der Waals surface area contributed by atoms with E-state index in [0.717, 1.165) is 89.9 Å². The van der Waals surface area contributed by atoms with Crippen LogP contribution < -0.4 is 0 Å². The van der Waals surface area contributed by atoms with Crippen molar-refractivity contribution in [2.75, 3.05) is 19.8 Å². The summed E-state index contributed by atoms with van der Waals surface area (Å²) >= 11 is 0. The van der Waals surface area contributed by atoms with Gasteiger partial charge in [-0.3, -0.25) is 9.59 Å². The van der Waals surface area contributed by atoms with Gasteiger partial charge in [-0.2, -0.15) is 0 Å². The second kappa shape index (κ2) is 52.7. The van der Waals surface area contributed by atoms with Gasteiger partial charge in [0.2, 0.25) is 0 Å². The third-order valence-electron chi connectivity index (χ3n) is 11.2. The Morgan fingerprint density at radius 2 is 0.710 bits per heavy atom. The minimum absolute atomic E-state index is 0.0661. The molecule has 0 bridgehead atoms. The van der Waals surface area contributed by atoms with Crippen molar-refractivity contribution >= 4 is 11.9 Å². The van der Waals surface area contributed by atoms with Crippen LogP contribution in [0.1, 0.15) is 252 Å². The first-order valence-electron chi connectivity index (χ1n) is 26.5. The minimum Gasteiger partial charge on any atom is -0.462 e. The monoisotopic (exact) mass is 865 g/mol. The van der Waals surface area contributed by atoms with E-state index in [4.69, 9.17) is 14.2 Å². The summed E-state index contributed by atoms with van der Waals surface area (Å²) in [6.45, 7) is 7.69. The second-order valence-corrected chi connectivity index (χ2v) is 17.4. The lowest BCUT2D eigenvalue weighted by molar-refractivity contribution is -0.163. The molecule has 0 radical (unpaired) electrons. The quantitative estimate of drug-likeness (QED) is 0.0346. The van der Waals surface area contributed by atoms with Crippen molar-refractivity contribution in [3.05, 3.63) is 72.9 Å². The fourth-order valence-electron chi connectivity index (χ4n) is 7.20. The molecule has 0 fully saturated rings. The van der Waals surface area contributed by atoms with E-state index < -0.39 is 6.10 Å². The molecule has 0 aliphatic heterocycles. The highest BCUT2D eigenvalue weighted by Gasteiger charge is 2.17. The van der Waals surface area contributed by atoms with Gasteiger partial charge in [-0.15, -0.1) is 0 Å². The Balaban J connectivity index is 4.34. The van der Waals surface area contributed by atoms with Crippen LogP contribution in [0, 0.1) is 0 Å². The van der Waals surface area contributed by atoms with E-state index in [1.54, 1.807) is 0 Å². The normalized spacial score (nSPS) is 12.8. The largest absolute Gasteiger partial charge is 0.462 e. The highest BCUT2D eigenvalue weighted by molar-refractivity contribution is 5.70. The molecule has 0 aliphatic carbocycles. The van der Waals surface area contributed by atoms with Crippen LogP contribution in [-0.4, -0.2) is 37.9 Å². The molecule has 0 spiro atoms. The molecule has 0 aromatic carbocycles. The molecule has 0 unspecified atom stereocenters. The lowest BCUT2D eigenvalue weighted by atomic mass is 10.1. The van der Waals surface area contributed by atoms with Crippen LogP contribution in [0.5, 0.6) is 0 Å². The van der Waals surface area contributed by atoms with E-state index in [-0.39, 0.29) is 25.2 Å². The number of allylic oxidation sites excluding steroid dienone is 12. The average molecular weight is 865 g/mol. The molecule has 0 aromatic heterocycles. The fourth-order valence-corrected chi connectivity index (χ4v) is 7.20. The van der Waals surface area contributed by atoms with Crippen LogP contribution in [0.2, 0.25) is 0 Å². The molecule has 1 atom stereocenters. The molecular formula is C57H100O5. The molecule has 0 saturated carbocycles. The van der Waals surface area contributed by atoms with E-state index in [9.17, 15) is 9.59 Å². The topological polar surface area (TPSA) is 61.8 Å². The molecule has 0 N–H and O–H groups in total. The number of ether oxygens (including phenoxy) is 3. The lowest BCUT2D eigenvalue weighted by Crippen LogP contribution is -2.30. The number of rotatable bonds is 48. The van der Waals surface area contributed by atoms with E-state index in [1.165, 1.54) is 128 Å². The Labute approximate surface area is 385 Å². The summed E-state index contributed by atoms with van der Waals surface area (Å²) in [5, 5.41) is 0. The van der Waals surface area contributed by atoms with Crippen LogP contribution in [0.4, 0.5) is 0 Å². The van der Waals surface area contributed by atoms with E-state index in [2.05, 4.69) is 93.7 Å². The van der Waals surface area contributed by atoms with Crippen LogP contribution in [-0.2, 0) is 23.8 Å². The van der Waals surface area contributed by atoms with Crippen LogP contribution >= 0.6 is 0 Å². The molecule has 5 heteroatoms. The van der Waals surface area contributed by atoms with Crippen LogP contribution in [0.3, 0.4) is 0 Å². The molecule has 0 aliphatic rings. The van der Waals surface area contributed by atoms with Gasteiger partial charge in [-0.05, 0) is 109 Å². The molecule has 0 aromatic rings. The molecule has 5 nitrogen and oxygen atoms in total. The van der Waals surface area contributed by atoms with Crippen molar-refractivity contribution in [1.29, 1.82) is 0 Å². The number of hydrogen-bond acceptors (Lipinski definition) is 5. The van der Waals surface area contributed by atoms with Crippen molar-refractivity contribution in [2.24, 2.45) is 0 Å². The molecule has 0 rings (SSSR count). The second-order valence-electron chi connectivity index (χ2n) is 17.4. The first-order chi connectivity index (χ1) is 30.6. The Hall–Kier alpha value is -2.66. The van der Waals surface area contributed by atoms with Gasteiger partial charge < -0.3 is 14.2 Å². The zero-order chi connectivity index (χ0) is 44.9. The van der Waals surface area contributed by atoms with Gasteiger partial charge in [0.25, 0.3) is 0 Å². The van der Waals surface area contributed by atoms with E-state index in [1.807, 2.05) is 0 Å². The van der Waals surface area contributed by atoms with Gasteiger partial charge in [0, 0.05) is 19.4 Å². The highest BCUT2D eigenvalue weighted by Crippen LogP contribution is 2.14. The third kappa shape index (κ3) is 50.0. The smallest absolute Gasteiger partial charge is 0.306 e. The summed E-state index contributed by atoms with van der Waals surface area (Å²) in [5.74, 6) is -0.430. The average Bonchev–Trinajstić information content (AvgIpc) is 3.27. The summed E-state index contributed by atoms with van der Waals surface area (Å²) in [7, 11) is 0. The molecule has 0 heterocycles. The van der Waals surface area contributed by atoms with Crippen molar-refractivity contribution in [1.82, 2.24) is 0 Å². The molecule has 358 valence electrons. The first-order valence-corrected chi connectivity index (χ1v) is 26.5. The molecular weight excluding hydrogens is 765 g/mol. The van der Waals surface area contributed by atoms with Gasteiger partial charge in [0.15, 0.2) is 6.10 Å². The third-order valence-corrected chi connectivity index (χ3v) is 11.2. The summed E-state index contributed by atoms with van der Waals surface area (Å²) in [6, 6.07) is 0. The Morgan fingerprint density at radius 1 is 0.355 bits per heavy atom. The molecule has 62 heavy (non-hydrogen) atoms. The van der Waals surface area contributed by atoms with Crippen LogP contribution in [0.15, 0.2) is 72.9 Å². The number of hydrogen-bond donors (Lipinski definition) is 0. The minimum atomic E-state index is -0.555. The van der Waals surface area contributed by atoms with Crippen LogP contribution in [0.25, 0.3) is 0 Å². The van der Waals surface area contributed by atoms with Gasteiger partial charge in [-0.25, -0.2) is 0 Å². The Kier molecular flexibility index (Phi) is 50.4. The SMILES string of the molecule is CCC/C=C/C/C=C/C/C=C/CCCCCCC(=O)OC[C@H](COCCCCCCCC/C=C/C/C=C/CCCCC)OC(=O)CCCCCCCCC/C=C/CCCCCC. The number of carbonyl (C=O) groups excluding carboxylic acids is 2. The Morgan fingerprint density at radius 3 is 1.19 bits per heavy atom. The van der Waals surface area contributed by atoms with Crippen molar-refractivity contribution in [3.8, 4) is 0 Å². The van der Waals surface area contributed by atoms with Gasteiger partial charge in [0.05, 0.1) is 6.61 Å². The zero-order valence-corrected chi connectivity index (χ0v) is 41.1. The fraction of sp³-hybridized carbons (Fsp3) is 0.754. The number of unbranched alkanes of at least 4 members (excludes halogenated alkanes) is 25. The van der Waals surface area contributed by atoms with Crippen molar-refractivity contribution in [3.63, 3.8) is 0 Å². The van der Waals surface area contributed by atoms with Gasteiger partial charge in [0.1, 0.15) is 6.61 Å². The maximum Gasteiger partial charge on any atom is 0.306 e. The van der Waals surface area contributed by atoms with Crippen molar-refractivity contribution in [2.45, 2.75) is 258 Å². The standard InChI is InChI=1S/C57H100O5/c1-4-7-10-13-16-19-22-25-28-31-34-37-40-43-46-49-52-60-53-55(62-57(59)51-48-45-42-39-36-33-30-27-24-21-18-15-12-9-6-3)54-61-56(58)50-47-44-41-38-35-32-29-26-23-20-17-14-11-8-5-2/h11,14,16,19-21,23-25,28-29,32,55H,4-10,12-13,15,17-18,22,26-27,30-31,33-54H2,1-3H3/b14-11+,19-16+,23-20+,24-21+,28-25+,32-29+/t55-/m0/s1. The Bertz CT molecular complexity index is 1110. The highest BCUT2D eigenvalue weighted by atomic mass is 16.6. The predicted octanol–water partition coefficient (Wildman–Crippen LogP) is 17.9. The van der Waals surface area contributed by atoms with E-state index in [0.29, 0.717) is 19.4 Å². The summed E-state index contributed by atoms with van der Waals surface area (Å²) in [5.41, 5.74) is 0.